The standard InChI is InChI=1S/C14H22N2/c1-11-3-4-14(12(11)2)16-10-7-13-5-8-15-9-6-13/h5-6,8-9,11-12,14,16H,3-4,7,10H2,1-2H3. The number of pyridine rings is 1. The summed E-state index contributed by atoms with van der Waals surface area (Å²) >= 11 is 0. The number of nitrogens with zero attached hydrogens (tertiary/aromatic N) is 1. The zero-order chi connectivity index (χ0) is 11.4. The Bertz CT molecular complexity index is 310. The Kier molecular flexibility index (Phi) is 3.94. The highest BCUT2D eigenvalue weighted by atomic mass is 14.9. The maximum atomic E-state index is 4.03. The Balaban J connectivity index is 1.73. The van der Waals surface area contributed by atoms with E-state index in [9.17, 15) is 0 Å². The molecule has 1 fully saturated rings. The van der Waals surface area contributed by atoms with Crippen molar-refractivity contribution < 1.29 is 0 Å². The van der Waals surface area contributed by atoms with Crippen molar-refractivity contribution in [2.75, 3.05) is 6.54 Å². The molecule has 2 nitrogen and oxygen atoms in total. The van der Waals surface area contributed by atoms with Crippen molar-refractivity contribution in [3.05, 3.63) is 30.1 Å². The minimum Gasteiger partial charge on any atom is -0.313 e. The third-order valence-corrected chi connectivity index (χ3v) is 4.03. The van der Waals surface area contributed by atoms with Crippen LogP contribution in [0.15, 0.2) is 24.5 Å². The summed E-state index contributed by atoms with van der Waals surface area (Å²) in [6.45, 7) is 5.84. The van der Waals surface area contributed by atoms with E-state index in [4.69, 9.17) is 0 Å². The zero-order valence-corrected chi connectivity index (χ0v) is 10.3. The molecule has 1 aliphatic rings. The van der Waals surface area contributed by atoms with Crippen LogP contribution in [0.5, 0.6) is 0 Å². The van der Waals surface area contributed by atoms with Gasteiger partial charge in [0.25, 0.3) is 0 Å². The van der Waals surface area contributed by atoms with Crippen molar-refractivity contribution in [1.82, 2.24) is 10.3 Å². The molecule has 0 aromatic carbocycles. The zero-order valence-electron chi connectivity index (χ0n) is 10.3. The monoisotopic (exact) mass is 218 g/mol. The van der Waals surface area contributed by atoms with Gasteiger partial charge in [-0.1, -0.05) is 13.8 Å². The summed E-state index contributed by atoms with van der Waals surface area (Å²) in [5.74, 6) is 1.72. The van der Waals surface area contributed by atoms with Gasteiger partial charge in [-0.05, 0) is 55.3 Å². The Morgan fingerprint density at radius 1 is 1.25 bits per heavy atom. The van der Waals surface area contributed by atoms with Gasteiger partial charge >= 0.3 is 0 Å². The van der Waals surface area contributed by atoms with E-state index >= 15 is 0 Å². The summed E-state index contributed by atoms with van der Waals surface area (Å²) in [6, 6.07) is 4.93. The highest BCUT2D eigenvalue weighted by molar-refractivity contribution is 5.09. The van der Waals surface area contributed by atoms with Gasteiger partial charge in [0.1, 0.15) is 0 Å². The third-order valence-electron chi connectivity index (χ3n) is 4.03. The van der Waals surface area contributed by atoms with Crippen LogP contribution in [-0.4, -0.2) is 17.6 Å². The van der Waals surface area contributed by atoms with Crippen LogP contribution >= 0.6 is 0 Å². The van der Waals surface area contributed by atoms with Crippen molar-refractivity contribution in [1.29, 1.82) is 0 Å². The van der Waals surface area contributed by atoms with Crippen molar-refractivity contribution in [2.45, 2.75) is 39.2 Å². The molecule has 1 aromatic heterocycles. The van der Waals surface area contributed by atoms with Crippen LogP contribution in [0.3, 0.4) is 0 Å². The molecule has 2 heteroatoms. The maximum Gasteiger partial charge on any atom is 0.0270 e. The smallest absolute Gasteiger partial charge is 0.0270 e. The molecule has 16 heavy (non-hydrogen) atoms. The SMILES string of the molecule is CC1CCC(NCCc2ccncc2)C1C. The Hall–Kier alpha value is -0.890. The molecule has 0 radical (unpaired) electrons. The largest absolute Gasteiger partial charge is 0.313 e. The van der Waals surface area contributed by atoms with E-state index < -0.39 is 0 Å². The van der Waals surface area contributed by atoms with E-state index in [1.807, 2.05) is 12.4 Å². The van der Waals surface area contributed by atoms with E-state index in [1.54, 1.807) is 0 Å². The van der Waals surface area contributed by atoms with Gasteiger partial charge in [-0.25, -0.2) is 0 Å². The minimum atomic E-state index is 0.733. The average molecular weight is 218 g/mol. The predicted octanol–water partition coefficient (Wildman–Crippen LogP) is 2.65. The molecule has 3 unspecified atom stereocenters. The molecule has 0 spiro atoms. The Labute approximate surface area is 98.5 Å². The summed E-state index contributed by atoms with van der Waals surface area (Å²) in [5.41, 5.74) is 1.38. The second-order valence-electron chi connectivity index (χ2n) is 5.08. The number of aromatic nitrogens is 1. The highest BCUT2D eigenvalue weighted by Crippen LogP contribution is 2.30. The summed E-state index contributed by atoms with van der Waals surface area (Å²) in [5, 5.41) is 3.69. The lowest BCUT2D eigenvalue weighted by molar-refractivity contribution is 0.372. The first-order chi connectivity index (χ1) is 7.77. The van der Waals surface area contributed by atoms with Gasteiger partial charge in [0, 0.05) is 18.4 Å². The fraction of sp³-hybridized carbons (Fsp3) is 0.643. The first kappa shape index (κ1) is 11.6. The first-order valence-electron chi connectivity index (χ1n) is 6.39. The highest BCUT2D eigenvalue weighted by Gasteiger charge is 2.28. The van der Waals surface area contributed by atoms with Crippen molar-refractivity contribution >= 4 is 0 Å². The molecule has 1 aliphatic carbocycles. The summed E-state index contributed by atoms with van der Waals surface area (Å²) in [4.78, 5) is 4.03. The van der Waals surface area contributed by atoms with Crippen LogP contribution in [0, 0.1) is 11.8 Å². The fourth-order valence-corrected chi connectivity index (χ4v) is 2.60. The number of nitrogens with one attached hydrogen (secondary N) is 1. The van der Waals surface area contributed by atoms with E-state index in [0.717, 1.165) is 30.8 Å². The molecule has 1 N–H and O–H groups in total. The molecule has 0 amide bonds. The first-order valence-corrected chi connectivity index (χ1v) is 6.39. The lowest BCUT2D eigenvalue weighted by Gasteiger charge is -2.19. The lowest BCUT2D eigenvalue weighted by Crippen LogP contribution is -2.33. The van der Waals surface area contributed by atoms with Gasteiger partial charge in [0.15, 0.2) is 0 Å². The molecule has 3 atom stereocenters. The van der Waals surface area contributed by atoms with E-state index in [2.05, 4.69) is 36.3 Å². The van der Waals surface area contributed by atoms with Gasteiger partial charge in [0.05, 0.1) is 0 Å². The van der Waals surface area contributed by atoms with Crippen molar-refractivity contribution in [2.24, 2.45) is 11.8 Å². The molecule has 1 saturated carbocycles. The average Bonchev–Trinajstić information content (AvgIpc) is 2.62. The second kappa shape index (κ2) is 5.44. The summed E-state index contributed by atoms with van der Waals surface area (Å²) in [7, 11) is 0. The van der Waals surface area contributed by atoms with Crippen molar-refractivity contribution in [3.63, 3.8) is 0 Å². The minimum absolute atomic E-state index is 0.733. The third kappa shape index (κ3) is 2.82. The van der Waals surface area contributed by atoms with E-state index in [1.165, 1.54) is 18.4 Å². The summed E-state index contributed by atoms with van der Waals surface area (Å²) < 4.78 is 0. The molecule has 88 valence electrons. The quantitative estimate of drug-likeness (QED) is 0.840. The topological polar surface area (TPSA) is 24.9 Å². The Morgan fingerprint density at radius 2 is 2.00 bits per heavy atom. The van der Waals surface area contributed by atoms with E-state index in [-0.39, 0.29) is 0 Å². The Morgan fingerprint density at radius 3 is 2.62 bits per heavy atom. The molecule has 1 heterocycles. The number of hydrogen-bond donors (Lipinski definition) is 1. The predicted molar refractivity (Wildman–Crippen MR) is 67.3 cm³/mol. The second-order valence-corrected chi connectivity index (χ2v) is 5.08. The molecule has 1 aromatic rings. The van der Waals surface area contributed by atoms with Gasteiger partial charge in [-0.2, -0.15) is 0 Å². The molecule has 0 bridgehead atoms. The van der Waals surface area contributed by atoms with Crippen LogP contribution in [-0.2, 0) is 6.42 Å². The maximum absolute atomic E-state index is 4.03. The van der Waals surface area contributed by atoms with Crippen LogP contribution in [0.4, 0.5) is 0 Å². The van der Waals surface area contributed by atoms with Gasteiger partial charge in [0.2, 0.25) is 0 Å². The summed E-state index contributed by atoms with van der Waals surface area (Å²) in [6.07, 6.45) is 7.58. The van der Waals surface area contributed by atoms with Crippen LogP contribution in [0.2, 0.25) is 0 Å². The molecule has 0 aliphatic heterocycles. The molecule has 2 rings (SSSR count). The van der Waals surface area contributed by atoms with Crippen LogP contribution < -0.4 is 5.32 Å². The number of hydrogen-bond acceptors (Lipinski definition) is 2. The fourth-order valence-electron chi connectivity index (χ4n) is 2.60. The number of rotatable bonds is 4. The molecular formula is C14H22N2. The lowest BCUT2D eigenvalue weighted by atomic mass is 9.98. The van der Waals surface area contributed by atoms with Gasteiger partial charge in [-0.15, -0.1) is 0 Å². The van der Waals surface area contributed by atoms with Gasteiger partial charge in [-0.3, -0.25) is 4.98 Å². The van der Waals surface area contributed by atoms with Crippen LogP contribution in [0.25, 0.3) is 0 Å². The van der Waals surface area contributed by atoms with E-state index in [0.29, 0.717) is 0 Å². The van der Waals surface area contributed by atoms with Crippen molar-refractivity contribution in [3.8, 4) is 0 Å². The molecule has 0 saturated heterocycles. The van der Waals surface area contributed by atoms with Gasteiger partial charge < -0.3 is 5.32 Å². The van der Waals surface area contributed by atoms with Crippen LogP contribution in [0.1, 0.15) is 32.3 Å². The molecular weight excluding hydrogens is 196 g/mol. The normalized spacial score (nSPS) is 29.5.